The average molecular weight is 332 g/mol. The Labute approximate surface area is 145 Å². The van der Waals surface area contributed by atoms with Crippen molar-refractivity contribution in [2.45, 2.75) is 6.92 Å². The SMILES string of the molecule is Cc1nc(Cl)c(-c2ccc3ccccc3c2)c(-c2ccncc2)n1. The van der Waals surface area contributed by atoms with E-state index < -0.39 is 0 Å². The van der Waals surface area contributed by atoms with Gasteiger partial charge in [0.05, 0.1) is 5.69 Å². The van der Waals surface area contributed by atoms with Crippen molar-refractivity contribution in [2.75, 3.05) is 0 Å². The fourth-order valence-electron chi connectivity index (χ4n) is 2.86. The Balaban J connectivity index is 1.99. The Morgan fingerprint density at radius 3 is 2.33 bits per heavy atom. The van der Waals surface area contributed by atoms with Gasteiger partial charge in [0.2, 0.25) is 0 Å². The van der Waals surface area contributed by atoms with Crippen molar-refractivity contribution in [3.05, 3.63) is 78.0 Å². The molecule has 2 heterocycles. The number of benzene rings is 2. The lowest BCUT2D eigenvalue weighted by Gasteiger charge is -2.12. The van der Waals surface area contributed by atoms with Gasteiger partial charge >= 0.3 is 0 Å². The molecule has 0 amide bonds. The van der Waals surface area contributed by atoms with Gasteiger partial charge in [-0.2, -0.15) is 0 Å². The van der Waals surface area contributed by atoms with Crippen LogP contribution in [0.2, 0.25) is 5.15 Å². The van der Waals surface area contributed by atoms with E-state index in [4.69, 9.17) is 11.6 Å². The van der Waals surface area contributed by atoms with E-state index >= 15 is 0 Å². The topological polar surface area (TPSA) is 38.7 Å². The van der Waals surface area contributed by atoms with Gasteiger partial charge in [0.15, 0.2) is 0 Å². The number of fused-ring (bicyclic) bond motifs is 1. The van der Waals surface area contributed by atoms with Crippen LogP contribution < -0.4 is 0 Å². The standard InChI is InChI=1S/C20H14ClN3/c1-13-23-19(15-8-10-22-11-9-15)18(20(21)24-13)17-7-6-14-4-2-3-5-16(14)12-17/h2-12H,1H3. The zero-order valence-corrected chi connectivity index (χ0v) is 13.8. The molecule has 0 aliphatic heterocycles. The number of rotatable bonds is 2. The average Bonchev–Trinajstić information content (AvgIpc) is 2.61. The molecule has 0 spiro atoms. The lowest BCUT2D eigenvalue weighted by atomic mass is 9.98. The van der Waals surface area contributed by atoms with Crippen LogP contribution in [0, 0.1) is 6.92 Å². The first-order valence-corrected chi connectivity index (χ1v) is 8.04. The van der Waals surface area contributed by atoms with Crippen LogP contribution in [-0.4, -0.2) is 15.0 Å². The van der Waals surface area contributed by atoms with Gasteiger partial charge in [-0.05, 0) is 41.5 Å². The summed E-state index contributed by atoms with van der Waals surface area (Å²) in [6, 6.07) is 18.4. The Morgan fingerprint density at radius 1 is 0.792 bits per heavy atom. The van der Waals surface area contributed by atoms with Crippen molar-refractivity contribution in [2.24, 2.45) is 0 Å². The predicted molar refractivity (Wildman–Crippen MR) is 98.0 cm³/mol. The second-order valence-electron chi connectivity index (χ2n) is 5.58. The Kier molecular flexibility index (Phi) is 3.71. The summed E-state index contributed by atoms with van der Waals surface area (Å²) in [5.41, 5.74) is 3.65. The summed E-state index contributed by atoms with van der Waals surface area (Å²) in [4.78, 5) is 13.1. The van der Waals surface area contributed by atoms with Crippen LogP contribution in [0.5, 0.6) is 0 Å². The van der Waals surface area contributed by atoms with E-state index in [2.05, 4.69) is 45.3 Å². The van der Waals surface area contributed by atoms with Crippen LogP contribution in [-0.2, 0) is 0 Å². The number of aryl methyl sites for hydroxylation is 1. The highest BCUT2D eigenvalue weighted by Crippen LogP contribution is 2.36. The highest BCUT2D eigenvalue weighted by atomic mass is 35.5. The molecular formula is C20H14ClN3. The normalized spacial score (nSPS) is 10.9. The summed E-state index contributed by atoms with van der Waals surface area (Å²) in [5.74, 6) is 0.649. The Morgan fingerprint density at radius 2 is 1.54 bits per heavy atom. The Hall–Kier alpha value is -2.78. The smallest absolute Gasteiger partial charge is 0.141 e. The minimum atomic E-state index is 0.463. The second kappa shape index (κ2) is 6.02. The highest BCUT2D eigenvalue weighted by Gasteiger charge is 2.15. The van der Waals surface area contributed by atoms with Crippen LogP contribution in [0.4, 0.5) is 0 Å². The number of hydrogen-bond donors (Lipinski definition) is 0. The van der Waals surface area contributed by atoms with Gasteiger partial charge in [-0.1, -0.05) is 48.0 Å². The number of aromatic nitrogens is 3. The van der Waals surface area contributed by atoms with Gasteiger partial charge in [0, 0.05) is 23.5 Å². The maximum absolute atomic E-state index is 6.50. The summed E-state index contributed by atoms with van der Waals surface area (Å²) < 4.78 is 0. The fourth-order valence-corrected chi connectivity index (χ4v) is 3.18. The number of pyridine rings is 1. The molecule has 24 heavy (non-hydrogen) atoms. The first-order valence-electron chi connectivity index (χ1n) is 7.66. The molecule has 0 radical (unpaired) electrons. The molecule has 0 atom stereocenters. The van der Waals surface area contributed by atoms with E-state index in [-0.39, 0.29) is 0 Å². The number of hydrogen-bond acceptors (Lipinski definition) is 3. The van der Waals surface area contributed by atoms with E-state index in [1.807, 2.05) is 31.2 Å². The molecule has 4 rings (SSSR count). The highest BCUT2D eigenvalue weighted by molar-refractivity contribution is 6.32. The van der Waals surface area contributed by atoms with Crippen LogP contribution in [0.3, 0.4) is 0 Å². The second-order valence-corrected chi connectivity index (χ2v) is 5.94. The van der Waals surface area contributed by atoms with E-state index in [0.717, 1.165) is 27.8 Å². The first kappa shape index (κ1) is 14.8. The van der Waals surface area contributed by atoms with Crippen LogP contribution in [0.25, 0.3) is 33.2 Å². The molecule has 0 bridgehead atoms. The van der Waals surface area contributed by atoms with Gasteiger partial charge in [-0.25, -0.2) is 9.97 Å². The van der Waals surface area contributed by atoms with Crippen molar-refractivity contribution in [1.29, 1.82) is 0 Å². The number of nitrogens with zero attached hydrogens (tertiary/aromatic N) is 3. The zero-order chi connectivity index (χ0) is 16.5. The molecule has 0 saturated carbocycles. The molecule has 4 heteroatoms. The summed E-state index contributed by atoms with van der Waals surface area (Å²) >= 11 is 6.50. The van der Waals surface area contributed by atoms with Crippen molar-refractivity contribution >= 4 is 22.4 Å². The molecule has 0 fully saturated rings. The minimum Gasteiger partial charge on any atom is -0.265 e. The third-order valence-electron chi connectivity index (χ3n) is 3.97. The fraction of sp³-hybridized carbons (Fsp3) is 0.0500. The summed E-state index contributed by atoms with van der Waals surface area (Å²) in [6.07, 6.45) is 3.51. The Bertz CT molecular complexity index is 1030. The summed E-state index contributed by atoms with van der Waals surface area (Å²) in [6.45, 7) is 1.85. The molecule has 2 aromatic carbocycles. The van der Waals surface area contributed by atoms with Gasteiger partial charge < -0.3 is 0 Å². The van der Waals surface area contributed by atoms with Gasteiger partial charge in [-0.3, -0.25) is 4.98 Å². The molecule has 0 unspecified atom stereocenters. The maximum atomic E-state index is 6.50. The molecule has 0 aliphatic carbocycles. The third-order valence-corrected chi connectivity index (χ3v) is 4.24. The molecule has 4 aromatic rings. The molecule has 0 aliphatic rings. The molecule has 116 valence electrons. The van der Waals surface area contributed by atoms with Crippen molar-refractivity contribution in [3.8, 4) is 22.4 Å². The zero-order valence-electron chi connectivity index (χ0n) is 13.1. The lowest BCUT2D eigenvalue weighted by Crippen LogP contribution is -1.97. The number of halogens is 1. The van der Waals surface area contributed by atoms with Crippen LogP contribution >= 0.6 is 11.6 Å². The van der Waals surface area contributed by atoms with Crippen LogP contribution in [0.1, 0.15) is 5.82 Å². The van der Waals surface area contributed by atoms with E-state index in [9.17, 15) is 0 Å². The monoisotopic (exact) mass is 331 g/mol. The third kappa shape index (κ3) is 2.63. The predicted octanol–water partition coefficient (Wildman–Crippen LogP) is 5.32. The molecular weight excluding hydrogens is 318 g/mol. The van der Waals surface area contributed by atoms with E-state index in [1.165, 1.54) is 5.39 Å². The molecule has 3 nitrogen and oxygen atoms in total. The summed E-state index contributed by atoms with van der Waals surface area (Å²) in [7, 11) is 0. The first-order chi connectivity index (χ1) is 11.7. The lowest BCUT2D eigenvalue weighted by molar-refractivity contribution is 1.06. The van der Waals surface area contributed by atoms with Crippen LogP contribution in [0.15, 0.2) is 67.0 Å². The largest absolute Gasteiger partial charge is 0.265 e. The quantitative estimate of drug-likeness (QED) is 0.466. The van der Waals surface area contributed by atoms with Crippen molar-refractivity contribution < 1.29 is 0 Å². The van der Waals surface area contributed by atoms with Gasteiger partial charge in [0.25, 0.3) is 0 Å². The van der Waals surface area contributed by atoms with Gasteiger partial charge in [-0.15, -0.1) is 0 Å². The maximum Gasteiger partial charge on any atom is 0.141 e. The summed E-state index contributed by atoms with van der Waals surface area (Å²) in [5, 5.41) is 2.81. The molecule has 2 aromatic heterocycles. The van der Waals surface area contributed by atoms with E-state index in [0.29, 0.717) is 11.0 Å². The molecule has 0 saturated heterocycles. The minimum absolute atomic E-state index is 0.463. The van der Waals surface area contributed by atoms with Crippen molar-refractivity contribution in [1.82, 2.24) is 15.0 Å². The molecule has 0 N–H and O–H groups in total. The van der Waals surface area contributed by atoms with Crippen molar-refractivity contribution in [3.63, 3.8) is 0 Å². The van der Waals surface area contributed by atoms with Gasteiger partial charge in [0.1, 0.15) is 11.0 Å². The van der Waals surface area contributed by atoms with E-state index in [1.54, 1.807) is 12.4 Å².